The Bertz CT molecular complexity index is 744. The first kappa shape index (κ1) is 20.0. The third-order valence-corrected chi connectivity index (χ3v) is 5.66. The fourth-order valence-corrected chi connectivity index (χ4v) is 4.12. The van der Waals surface area contributed by atoms with Crippen LogP contribution in [0.1, 0.15) is 23.6 Å². The van der Waals surface area contributed by atoms with Crippen LogP contribution in [0.15, 0.2) is 40.9 Å². The van der Waals surface area contributed by atoms with Crippen molar-refractivity contribution in [2.45, 2.75) is 12.5 Å². The van der Waals surface area contributed by atoms with Gasteiger partial charge in [-0.05, 0) is 48.4 Å². The van der Waals surface area contributed by atoms with E-state index in [9.17, 15) is 0 Å². The van der Waals surface area contributed by atoms with Crippen molar-refractivity contribution in [2.75, 3.05) is 47.5 Å². The van der Waals surface area contributed by atoms with Gasteiger partial charge in [-0.15, -0.1) is 0 Å². The van der Waals surface area contributed by atoms with E-state index in [4.69, 9.17) is 14.2 Å². The first-order valence-corrected chi connectivity index (χ1v) is 9.97. The quantitative estimate of drug-likeness (QED) is 0.747. The maximum Gasteiger partial charge on any atom is 0.161 e. The minimum atomic E-state index is 0.116. The first-order valence-electron chi connectivity index (χ1n) is 9.18. The molecule has 0 bridgehead atoms. The highest BCUT2D eigenvalue weighted by Gasteiger charge is 2.26. The summed E-state index contributed by atoms with van der Waals surface area (Å²) < 4.78 is 17.4. The molecule has 0 aromatic heterocycles. The van der Waals surface area contributed by atoms with E-state index in [-0.39, 0.29) is 6.04 Å². The Morgan fingerprint density at radius 2 is 1.63 bits per heavy atom. The lowest BCUT2D eigenvalue weighted by Crippen LogP contribution is -2.33. The van der Waals surface area contributed by atoms with Crippen LogP contribution in [0.2, 0.25) is 0 Å². The Hall–Kier alpha value is -1.76. The van der Waals surface area contributed by atoms with Crippen LogP contribution < -0.4 is 19.5 Å². The highest BCUT2D eigenvalue weighted by molar-refractivity contribution is 9.10. The standard InChI is InChI=1S/C21H27BrN2O3/c1-25-16-7-5-15(6-8-16)21(24-11-4-9-23-10-12-24)17-13-19(26-2)20(27-3)14-18(17)22/h5-8,13-14,21,23H,4,9-12H2,1-3H3. The van der Waals surface area contributed by atoms with Crippen molar-refractivity contribution in [3.8, 4) is 17.2 Å². The summed E-state index contributed by atoms with van der Waals surface area (Å²) in [4.78, 5) is 2.52. The zero-order chi connectivity index (χ0) is 19.2. The molecule has 27 heavy (non-hydrogen) atoms. The van der Waals surface area contributed by atoms with Crippen LogP contribution >= 0.6 is 15.9 Å². The van der Waals surface area contributed by atoms with Crippen molar-refractivity contribution in [2.24, 2.45) is 0 Å². The number of hydrogen-bond acceptors (Lipinski definition) is 5. The average Bonchev–Trinajstić information content (AvgIpc) is 2.99. The van der Waals surface area contributed by atoms with Crippen LogP contribution in [-0.4, -0.2) is 52.4 Å². The van der Waals surface area contributed by atoms with Crippen LogP contribution in [0.3, 0.4) is 0 Å². The lowest BCUT2D eigenvalue weighted by molar-refractivity contribution is 0.239. The molecule has 1 heterocycles. The summed E-state index contributed by atoms with van der Waals surface area (Å²) in [6.07, 6.45) is 1.12. The molecule has 5 nitrogen and oxygen atoms in total. The van der Waals surface area contributed by atoms with Crippen molar-refractivity contribution in [3.63, 3.8) is 0 Å². The number of rotatable bonds is 6. The molecule has 2 aromatic rings. The van der Waals surface area contributed by atoms with Crippen molar-refractivity contribution in [3.05, 3.63) is 52.0 Å². The Morgan fingerprint density at radius 1 is 0.926 bits per heavy atom. The molecule has 146 valence electrons. The molecule has 1 aliphatic rings. The van der Waals surface area contributed by atoms with Crippen molar-refractivity contribution in [1.82, 2.24) is 10.2 Å². The van der Waals surface area contributed by atoms with Gasteiger partial charge in [0.15, 0.2) is 11.5 Å². The largest absolute Gasteiger partial charge is 0.497 e. The van der Waals surface area contributed by atoms with Gasteiger partial charge >= 0.3 is 0 Å². The highest BCUT2D eigenvalue weighted by atomic mass is 79.9. The summed E-state index contributed by atoms with van der Waals surface area (Å²) in [6, 6.07) is 12.5. The van der Waals surface area contributed by atoms with E-state index in [2.05, 4.69) is 44.3 Å². The molecule has 1 aliphatic heterocycles. The number of methoxy groups -OCH3 is 3. The monoisotopic (exact) mass is 434 g/mol. The lowest BCUT2D eigenvalue weighted by Gasteiger charge is -2.32. The number of hydrogen-bond donors (Lipinski definition) is 1. The Balaban J connectivity index is 2.08. The molecular weight excluding hydrogens is 408 g/mol. The molecule has 1 atom stereocenters. The predicted octanol–water partition coefficient (Wildman–Crippen LogP) is 3.86. The normalized spacial score (nSPS) is 16.4. The third-order valence-electron chi connectivity index (χ3n) is 4.97. The second-order valence-corrected chi connectivity index (χ2v) is 7.40. The summed E-state index contributed by atoms with van der Waals surface area (Å²) in [5.74, 6) is 2.32. The number of nitrogens with zero attached hydrogens (tertiary/aromatic N) is 1. The minimum absolute atomic E-state index is 0.116. The molecule has 0 radical (unpaired) electrons. The highest BCUT2D eigenvalue weighted by Crippen LogP contribution is 2.40. The number of nitrogens with one attached hydrogen (secondary N) is 1. The van der Waals surface area contributed by atoms with Crippen LogP contribution in [0.4, 0.5) is 0 Å². The van der Waals surface area contributed by atoms with Crippen LogP contribution in [0.25, 0.3) is 0 Å². The van der Waals surface area contributed by atoms with E-state index in [0.29, 0.717) is 0 Å². The third kappa shape index (κ3) is 4.57. The molecule has 3 rings (SSSR count). The smallest absolute Gasteiger partial charge is 0.161 e. The van der Waals surface area contributed by atoms with E-state index < -0.39 is 0 Å². The van der Waals surface area contributed by atoms with E-state index in [1.807, 2.05) is 18.2 Å². The molecule has 0 amide bonds. The Kier molecular flexibility index (Phi) is 6.99. The van der Waals surface area contributed by atoms with Gasteiger partial charge in [-0.2, -0.15) is 0 Å². The lowest BCUT2D eigenvalue weighted by atomic mass is 9.96. The molecular formula is C21H27BrN2O3. The van der Waals surface area contributed by atoms with Gasteiger partial charge < -0.3 is 19.5 Å². The van der Waals surface area contributed by atoms with Gasteiger partial charge in [0.1, 0.15) is 5.75 Å². The number of benzene rings is 2. The van der Waals surface area contributed by atoms with E-state index in [0.717, 1.165) is 54.3 Å². The van der Waals surface area contributed by atoms with Crippen molar-refractivity contribution < 1.29 is 14.2 Å². The average molecular weight is 435 g/mol. The number of halogens is 1. The second kappa shape index (κ2) is 9.44. The molecule has 6 heteroatoms. The summed E-state index contributed by atoms with van der Waals surface area (Å²) in [5, 5.41) is 3.49. The molecule has 0 aliphatic carbocycles. The minimum Gasteiger partial charge on any atom is -0.497 e. The molecule has 1 N–H and O–H groups in total. The van der Waals surface area contributed by atoms with Gasteiger partial charge in [0.2, 0.25) is 0 Å². The first-order chi connectivity index (χ1) is 13.2. The van der Waals surface area contributed by atoms with Gasteiger partial charge in [-0.1, -0.05) is 28.1 Å². The zero-order valence-corrected chi connectivity index (χ0v) is 17.7. The van der Waals surface area contributed by atoms with E-state index in [1.54, 1.807) is 21.3 Å². The van der Waals surface area contributed by atoms with E-state index in [1.165, 1.54) is 11.1 Å². The summed E-state index contributed by atoms with van der Waals surface area (Å²) in [6.45, 7) is 4.05. The molecule has 1 unspecified atom stereocenters. The zero-order valence-electron chi connectivity index (χ0n) is 16.1. The SMILES string of the molecule is COc1ccc(C(c2cc(OC)c(OC)cc2Br)N2CCCNCC2)cc1. The molecule has 0 spiro atoms. The predicted molar refractivity (Wildman–Crippen MR) is 111 cm³/mol. The molecule has 2 aromatic carbocycles. The van der Waals surface area contributed by atoms with Crippen molar-refractivity contribution >= 4 is 15.9 Å². The van der Waals surface area contributed by atoms with Crippen molar-refractivity contribution in [1.29, 1.82) is 0 Å². The van der Waals surface area contributed by atoms with Gasteiger partial charge in [-0.3, -0.25) is 4.90 Å². The molecule has 1 fully saturated rings. The van der Waals surface area contributed by atoms with Gasteiger partial charge in [0, 0.05) is 24.1 Å². The summed E-state index contributed by atoms with van der Waals surface area (Å²) >= 11 is 3.76. The summed E-state index contributed by atoms with van der Waals surface area (Å²) in [5.41, 5.74) is 2.39. The van der Waals surface area contributed by atoms with E-state index >= 15 is 0 Å². The Morgan fingerprint density at radius 3 is 2.30 bits per heavy atom. The van der Waals surface area contributed by atoms with Gasteiger partial charge in [-0.25, -0.2) is 0 Å². The van der Waals surface area contributed by atoms with Crippen LogP contribution in [0, 0.1) is 0 Å². The van der Waals surface area contributed by atoms with Gasteiger partial charge in [0.05, 0.1) is 27.4 Å². The maximum atomic E-state index is 5.57. The second-order valence-electron chi connectivity index (χ2n) is 6.54. The van der Waals surface area contributed by atoms with Crippen LogP contribution in [0.5, 0.6) is 17.2 Å². The van der Waals surface area contributed by atoms with Crippen LogP contribution in [-0.2, 0) is 0 Å². The molecule has 1 saturated heterocycles. The Labute approximate surface area is 169 Å². The summed E-state index contributed by atoms with van der Waals surface area (Å²) in [7, 11) is 5.02. The van der Waals surface area contributed by atoms with Gasteiger partial charge in [0.25, 0.3) is 0 Å². The molecule has 0 saturated carbocycles. The fourth-order valence-electron chi connectivity index (χ4n) is 3.58. The topological polar surface area (TPSA) is 43.0 Å². The maximum absolute atomic E-state index is 5.57. The number of ether oxygens (including phenoxy) is 3. The fraction of sp³-hybridized carbons (Fsp3) is 0.429.